The normalized spacial score (nSPS) is 34.4. The molecule has 3 heterocycles. The number of ether oxygens (including phenoxy) is 1. The summed E-state index contributed by atoms with van der Waals surface area (Å²) in [4.78, 5) is 14.2. The lowest BCUT2D eigenvalue weighted by Gasteiger charge is -2.37. The monoisotopic (exact) mass is 243 g/mol. The number of benzene rings is 1. The van der Waals surface area contributed by atoms with E-state index in [1.807, 2.05) is 12.1 Å². The SMILES string of the molecule is O=C1CC2CCC(C1)N2C1COc2ccccc21. The van der Waals surface area contributed by atoms with Crippen LogP contribution in [0.5, 0.6) is 5.75 Å². The predicted molar refractivity (Wildman–Crippen MR) is 67.6 cm³/mol. The van der Waals surface area contributed by atoms with Crippen molar-refractivity contribution < 1.29 is 9.53 Å². The van der Waals surface area contributed by atoms with Crippen LogP contribution in [0.4, 0.5) is 0 Å². The highest BCUT2D eigenvalue weighted by molar-refractivity contribution is 5.81. The predicted octanol–water partition coefficient (Wildman–Crippen LogP) is 2.32. The number of nitrogens with zero attached hydrogens (tertiary/aromatic N) is 1. The summed E-state index contributed by atoms with van der Waals surface area (Å²) in [5, 5.41) is 0. The quantitative estimate of drug-likeness (QED) is 0.758. The van der Waals surface area contributed by atoms with E-state index < -0.39 is 0 Å². The number of hydrogen-bond acceptors (Lipinski definition) is 3. The topological polar surface area (TPSA) is 29.5 Å². The Kier molecular flexibility index (Phi) is 2.24. The van der Waals surface area contributed by atoms with Gasteiger partial charge in [0.15, 0.2) is 0 Å². The molecule has 1 aromatic carbocycles. The fourth-order valence-corrected chi connectivity index (χ4v) is 3.91. The largest absolute Gasteiger partial charge is 0.491 e. The zero-order valence-corrected chi connectivity index (χ0v) is 10.3. The van der Waals surface area contributed by atoms with E-state index in [1.54, 1.807) is 0 Å². The molecule has 3 aliphatic rings. The fourth-order valence-electron chi connectivity index (χ4n) is 3.91. The van der Waals surface area contributed by atoms with E-state index in [0.29, 0.717) is 23.9 Å². The molecule has 94 valence electrons. The standard InChI is InChI=1S/C15H17NO2/c17-12-7-10-5-6-11(8-12)16(10)14-9-18-15-4-2-1-3-13(14)15/h1-4,10-11,14H,5-9H2. The molecule has 2 saturated heterocycles. The van der Waals surface area contributed by atoms with Crippen molar-refractivity contribution in [3.63, 3.8) is 0 Å². The Balaban J connectivity index is 1.68. The number of Topliss-reactive ketones (excluding diaryl/α,β-unsaturated/α-hetero) is 1. The molecule has 4 rings (SSSR count). The third-order valence-corrected chi connectivity index (χ3v) is 4.64. The molecule has 0 radical (unpaired) electrons. The van der Waals surface area contributed by atoms with Crippen molar-refractivity contribution in [2.45, 2.75) is 43.8 Å². The lowest BCUT2D eigenvalue weighted by Crippen LogP contribution is -2.45. The van der Waals surface area contributed by atoms with Crippen LogP contribution in [0.1, 0.15) is 37.3 Å². The molecular weight excluding hydrogens is 226 g/mol. The molecular formula is C15H17NO2. The van der Waals surface area contributed by atoms with Gasteiger partial charge >= 0.3 is 0 Å². The molecule has 0 aliphatic carbocycles. The molecule has 3 unspecified atom stereocenters. The van der Waals surface area contributed by atoms with Gasteiger partial charge in [-0.1, -0.05) is 18.2 Å². The molecule has 3 heteroatoms. The highest BCUT2D eigenvalue weighted by atomic mass is 16.5. The summed E-state index contributed by atoms with van der Waals surface area (Å²) in [6, 6.07) is 9.60. The molecule has 2 bridgehead atoms. The second kappa shape index (κ2) is 3.82. The number of piperidine rings is 1. The molecule has 1 aromatic rings. The van der Waals surface area contributed by atoms with Crippen LogP contribution in [0.25, 0.3) is 0 Å². The van der Waals surface area contributed by atoms with Crippen LogP contribution in [0.15, 0.2) is 24.3 Å². The van der Waals surface area contributed by atoms with Crippen LogP contribution in [-0.2, 0) is 4.79 Å². The van der Waals surface area contributed by atoms with Crippen LogP contribution < -0.4 is 4.74 Å². The number of fused-ring (bicyclic) bond motifs is 3. The number of ketones is 1. The maximum Gasteiger partial charge on any atom is 0.136 e. The first kappa shape index (κ1) is 10.6. The van der Waals surface area contributed by atoms with E-state index in [-0.39, 0.29) is 0 Å². The third kappa shape index (κ3) is 1.43. The smallest absolute Gasteiger partial charge is 0.136 e. The second-order valence-corrected chi connectivity index (χ2v) is 5.64. The Bertz CT molecular complexity index is 483. The van der Waals surface area contributed by atoms with Crippen molar-refractivity contribution in [3.8, 4) is 5.75 Å². The van der Waals surface area contributed by atoms with Gasteiger partial charge in [0.25, 0.3) is 0 Å². The van der Waals surface area contributed by atoms with E-state index in [9.17, 15) is 4.79 Å². The minimum atomic E-state index is 0.367. The Morgan fingerprint density at radius 3 is 2.61 bits per heavy atom. The summed E-state index contributed by atoms with van der Waals surface area (Å²) in [5.41, 5.74) is 1.31. The number of para-hydroxylation sites is 1. The highest BCUT2D eigenvalue weighted by Crippen LogP contribution is 2.44. The molecule has 0 N–H and O–H groups in total. The average molecular weight is 243 g/mol. The molecule has 18 heavy (non-hydrogen) atoms. The van der Waals surface area contributed by atoms with Crippen molar-refractivity contribution in [1.29, 1.82) is 0 Å². The van der Waals surface area contributed by atoms with Crippen molar-refractivity contribution in [2.75, 3.05) is 6.61 Å². The molecule has 0 aromatic heterocycles. The Morgan fingerprint density at radius 1 is 1.11 bits per heavy atom. The summed E-state index contributed by atoms with van der Waals surface area (Å²) in [7, 11) is 0. The van der Waals surface area contributed by atoms with Gasteiger partial charge in [0, 0.05) is 30.5 Å². The van der Waals surface area contributed by atoms with E-state index in [0.717, 1.165) is 25.2 Å². The van der Waals surface area contributed by atoms with E-state index in [4.69, 9.17) is 4.74 Å². The number of carbonyl (C=O) groups is 1. The number of hydrogen-bond donors (Lipinski definition) is 0. The van der Waals surface area contributed by atoms with Crippen molar-refractivity contribution >= 4 is 5.78 Å². The molecule has 3 atom stereocenters. The molecule has 0 amide bonds. The minimum absolute atomic E-state index is 0.367. The van der Waals surface area contributed by atoms with E-state index >= 15 is 0 Å². The van der Waals surface area contributed by atoms with Gasteiger partial charge in [-0.15, -0.1) is 0 Å². The van der Waals surface area contributed by atoms with Gasteiger partial charge in [-0.3, -0.25) is 9.69 Å². The van der Waals surface area contributed by atoms with Crippen LogP contribution in [0.3, 0.4) is 0 Å². The summed E-state index contributed by atoms with van der Waals surface area (Å²) in [5.74, 6) is 1.48. The first-order valence-corrected chi connectivity index (χ1v) is 6.84. The minimum Gasteiger partial charge on any atom is -0.491 e. The van der Waals surface area contributed by atoms with Gasteiger partial charge in [-0.2, -0.15) is 0 Å². The molecule has 3 nitrogen and oxygen atoms in total. The average Bonchev–Trinajstić information content (AvgIpc) is 2.89. The Labute approximate surface area is 107 Å². The molecule has 0 spiro atoms. The van der Waals surface area contributed by atoms with Gasteiger partial charge in [-0.25, -0.2) is 0 Å². The zero-order chi connectivity index (χ0) is 12.1. The van der Waals surface area contributed by atoms with Crippen LogP contribution in [0, 0.1) is 0 Å². The highest BCUT2D eigenvalue weighted by Gasteiger charge is 2.45. The second-order valence-electron chi connectivity index (χ2n) is 5.64. The zero-order valence-electron chi connectivity index (χ0n) is 10.3. The lowest BCUT2D eigenvalue weighted by molar-refractivity contribution is -0.124. The molecule has 0 saturated carbocycles. The first-order valence-electron chi connectivity index (χ1n) is 6.84. The summed E-state index contributed by atoms with van der Waals surface area (Å²) in [6.07, 6.45) is 3.84. The van der Waals surface area contributed by atoms with Crippen LogP contribution >= 0.6 is 0 Å². The van der Waals surface area contributed by atoms with Gasteiger partial charge in [-0.05, 0) is 18.9 Å². The lowest BCUT2D eigenvalue weighted by atomic mass is 9.96. The van der Waals surface area contributed by atoms with Gasteiger partial charge in [0.05, 0.1) is 6.04 Å². The maximum atomic E-state index is 11.7. The van der Waals surface area contributed by atoms with Gasteiger partial charge in [0.1, 0.15) is 18.1 Å². The Morgan fingerprint density at radius 2 is 1.83 bits per heavy atom. The van der Waals surface area contributed by atoms with Crippen LogP contribution in [-0.4, -0.2) is 29.4 Å². The summed E-state index contributed by atoms with van der Waals surface area (Å²) in [6.45, 7) is 0.751. The van der Waals surface area contributed by atoms with Crippen LogP contribution in [0.2, 0.25) is 0 Å². The summed E-state index contributed by atoms with van der Waals surface area (Å²) < 4.78 is 5.79. The molecule has 2 fully saturated rings. The van der Waals surface area contributed by atoms with E-state index in [1.165, 1.54) is 18.4 Å². The number of rotatable bonds is 1. The molecule has 3 aliphatic heterocycles. The van der Waals surface area contributed by atoms with E-state index in [2.05, 4.69) is 17.0 Å². The van der Waals surface area contributed by atoms with Crippen molar-refractivity contribution in [3.05, 3.63) is 29.8 Å². The van der Waals surface area contributed by atoms with Gasteiger partial charge in [0.2, 0.25) is 0 Å². The Hall–Kier alpha value is -1.35. The van der Waals surface area contributed by atoms with Crippen molar-refractivity contribution in [1.82, 2.24) is 4.90 Å². The first-order chi connectivity index (χ1) is 8.83. The third-order valence-electron chi connectivity index (χ3n) is 4.64. The van der Waals surface area contributed by atoms with Gasteiger partial charge < -0.3 is 4.74 Å². The van der Waals surface area contributed by atoms with Crippen molar-refractivity contribution in [2.24, 2.45) is 0 Å². The summed E-state index contributed by atoms with van der Waals surface area (Å²) >= 11 is 0. The fraction of sp³-hybridized carbons (Fsp3) is 0.533. The maximum absolute atomic E-state index is 11.7. The number of carbonyl (C=O) groups excluding carboxylic acids is 1.